The van der Waals surface area contributed by atoms with Crippen molar-refractivity contribution in [3.63, 3.8) is 0 Å². The normalized spacial score (nSPS) is 10.6. The van der Waals surface area contributed by atoms with E-state index in [4.69, 9.17) is 4.74 Å². The summed E-state index contributed by atoms with van der Waals surface area (Å²) in [5.74, 6) is 0.777. The van der Waals surface area contributed by atoms with Gasteiger partial charge in [0.15, 0.2) is 0 Å². The van der Waals surface area contributed by atoms with Crippen molar-refractivity contribution in [1.29, 1.82) is 0 Å². The Kier molecular flexibility index (Phi) is 4.21. The number of ether oxygens (including phenoxy) is 1. The molecule has 0 atom stereocenters. The molecule has 0 fully saturated rings. The second-order valence-corrected chi connectivity index (χ2v) is 5.08. The zero-order chi connectivity index (χ0) is 15.4. The summed E-state index contributed by atoms with van der Waals surface area (Å²) in [7, 11) is 1.64. The smallest absolute Gasteiger partial charge is 0.119 e. The molecule has 112 valence electrons. The third-order valence-corrected chi connectivity index (χ3v) is 3.54. The number of methoxy groups -OCH3 is 1. The molecule has 0 bridgehead atoms. The van der Waals surface area contributed by atoms with Crippen LogP contribution in [0.4, 0.5) is 0 Å². The fraction of sp³-hybridized carbons (Fsp3) is 0.167. The molecule has 0 amide bonds. The van der Waals surface area contributed by atoms with E-state index in [1.165, 1.54) is 5.56 Å². The Morgan fingerprint density at radius 2 is 1.91 bits per heavy atom. The van der Waals surface area contributed by atoms with Gasteiger partial charge in [0.1, 0.15) is 5.75 Å². The zero-order valence-corrected chi connectivity index (χ0v) is 12.4. The molecule has 0 unspecified atom stereocenters. The van der Waals surface area contributed by atoms with E-state index in [2.05, 4.69) is 17.2 Å². The van der Waals surface area contributed by atoms with Crippen molar-refractivity contribution in [3.05, 3.63) is 71.9 Å². The number of hydrogen-bond donors (Lipinski definition) is 1. The van der Waals surface area contributed by atoms with Crippen LogP contribution in [0.1, 0.15) is 11.1 Å². The van der Waals surface area contributed by atoms with Gasteiger partial charge in [0.05, 0.1) is 26.0 Å². The Morgan fingerprint density at radius 1 is 1.09 bits per heavy atom. The molecule has 2 aromatic carbocycles. The van der Waals surface area contributed by atoms with Gasteiger partial charge < -0.3 is 9.84 Å². The Hall–Kier alpha value is -2.59. The second-order valence-electron chi connectivity index (χ2n) is 5.08. The maximum Gasteiger partial charge on any atom is 0.119 e. The third kappa shape index (κ3) is 3.02. The lowest BCUT2D eigenvalue weighted by atomic mass is 10.1. The monoisotopic (exact) mass is 294 g/mol. The molecule has 0 aliphatic heterocycles. The minimum Gasteiger partial charge on any atom is -0.497 e. The Bertz CT molecular complexity index is 751. The highest BCUT2D eigenvalue weighted by Gasteiger charge is 2.11. The molecule has 4 heteroatoms. The number of hydrogen-bond acceptors (Lipinski definition) is 3. The molecule has 0 aliphatic rings. The van der Waals surface area contributed by atoms with Crippen molar-refractivity contribution in [1.82, 2.24) is 9.78 Å². The minimum absolute atomic E-state index is 0.0403. The molecule has 4 nitrogen and oxygen atoms in total. The number of aliphatic hydroxyl groups excluding tert-OH is 1. The molecular weight excluding hydrogens is 276 g/mol. The van der Waals surface area contributed by atoms with Crippen molar-refractivity contribution < 1.29 is 9.84 Å². The fourth-order valence-electron chi connectivity index (χ4n) is 2.44. The third-order valence-electron chi connectivity index (χ3n) is 3.54. The standard InChI is InChI=1S/C18H18N2O2/c1-22-17-9-5-8-15(10-17)18-16(13-21)12-20(19-18)11-14-6-3-2-4-7-14/h2-10,12,21H,11,13H2,1H3. The summed E-state index contributed by atoms with van der Waals surface area (Å²) >= 11 is 0. The van der Waals surface area contributed by atoms with Crippen molar-refractivity contribution in [2.75, 3.05) is 7.11 Å². The number of aromatic nitrogens is 2. The van der Waals surface area contributed by atoms with Crippen LogP contribution in [0, 0.1) is 0 Å². The molecule has 3 rings (SSSR count). The first-order valence-corrected chi connectivity index (χ1v) is 7.15. The van der Waals surface area contributed by atoms with E-state index < -0.39 is 0 Å². The van der Waals surface area contributed by atoms with Crippen LogP contribution >= 0.6 is 0 Å². The largest absolute Gasteiger partial charge is 0.497 e. The predicted molar refractivity (Wildman–Crippen MR) is 85.7 cm³/mol. The van der Waals surface area contributed by atoms with E-state index in [0.29, 0.717) is 6.54 Å². The van der Waals surface area contributed by atoms with Crippen LogP contribution in [0.5, 0.6) is 5.75 Å². The summed E-state index contributed by atoms with van der Waals surface area (Å²) in [5, 5.41) is 14.2. The first kappa shape index (κ1) is 14.4. The lowest BCUT2D eigenvalue weighted by Gasteiger charge is -2.04. The molecular formula is C18H18N2O2. The van der Waals surface area contributed by atoms with Crippen LogP contribution in [0.2, 0.25) is 0 Å². The highest BCUT2D eigenvalue weighted by atomic mass is 16.5. The van der Waals surface area contributed by atoms with Gasteiger partial charge in [-0.25, -0.2) is 0 Å². The first-order valence-electron chi connectivity index (χ1n) is 7.15. The average molecular weight is 294 g/mol. The summed E-state index contributed by atoms with van der Waals surface area (Å²) < 4.78 is 7.11. The van der Waals surface area contributed by atoms with Crippen LogP contribution in [0.15, 0.2) is 60.8 Å². The Balaban J connectivity index is 1.94. The van der Waals surface area contributed by atoms with E-state index in [9.17, 15) is 5.11 Å². The lowest BCUT2D eigenvalue weighted by Crippen LogP contribution is -2.00. The van der Waals surface area contributed by atoms with Crippen LogP contribution in [-0.2, 0) is 13.2 Å². The van der Waals surface area contributed by atoms with Gasteiger partial charge in [-0.2, -0.15) is 5.10 Å². The van der Waals surface area contributed by atoms with Gasteiger partial charge in [-0.3, -0.25) is 4.68 Å². The molecule has 3 aromatic rings. The van der Waals surface area contributed by atoms with E-state index >= 15 is 0 Å². The fourth-order valence-corrected chi connectivity index (χ4v) is 2.44. The predicted octanol–water partition coefficient (Wildman–Crippen LogP) is 3.10. The van der Waals surface area contributed by atoms with E-state index in [-0.39, 0.29) is 6.61 Å². The molecule has 0 spiro atoms. The highest BCUT2D eigenvalue weighted by molar-refractivity contribution is 5.64. The molecule has 1 aromatic heterocycles. The van der Waals surface area contributed by atoms with E-state index in [0.717, 1.165) is 22.6 Å². The quantitative estimate of drug-likeness (QED) is 0.786. The Morgan fingerprint density at radius 3 is 2.64 bits per heavy atom. The number of rotatable bonds is 5. The maximum atomic E-state index is 9.60. The van der Waals surface area contributed by atoms with Gasteiger partial charge >= 0.3 is 0 Å². The van der Waals surface area contributed by atoms with Crippen molar-refractivity contribution in [3.8, 4) is 17.0 Å². The number of benzene rings is 2. The van der Waals surface area contributed by atoms with Crippen LogP contribution < -0.4 is 4.74 Å². The summed E-state index contributed by atoms with van der Waals surface area (Å²) in [6.07, 6.45) is 1.89. The molecule has 0 saturated heterocycles. The Labute approximate surface area is 129 Å². The molecule has 1 heterocycles. The van der Waals surface area contributed by atoms with Crippen molar-refractivity contribution in [2.45, 2.75) is 13.2 Å². The first-order chi connectivity index (χ1) is 10.8. The lowest BCUT2D eigenvalue weighted by molar-refractivity contribution is 0.282. The van der Waals surface area contributed by atoms with Gasteiger partial charge in [0, 0.05) is 17.3 Å². The van der Waals surface area contributed by atoms with Gasteiger partial charge in [-0.05, 0) is 17.7 Å². The summed E-state index contributed by atoms with van der Waals surface area (Å²) in [6.45, 7) is 0.638. The van der Waals surface area contributed by atoms with Gasteiger partial charge in [-0.1, -0.05) is 42.5 Å². The van der Waals surface area contributed by atoms with E-state index in [1.807, 2.05) is 53.3 Å². The summed E-state index contributed by atoms with van der Waals surface area (Å²) in [5.41, 5.74) is 3.71. The molecule has 0 saturated carbocycles. The van der Waals surface area contributed by atoms with Crippen LogP contribution in [-0.4, -0.2) is 22.0 Å². The number of aliphatic hydroxyl groups is 1. The maximum absolute atomic E-state index is 9.60. The average Bonchev–Trinajstić information content (AvgIpc) is 2.99. The summed E-state index contributed by atoms with van der Waals surface area (Å²) in [4.78, 5) is 0. The minimum atomic E-state index is -0.0403. The molecule has 22 heavy (non-hydrogen) atoms. The topological polar surface area (TPSA) is 47.3 Å². The molecule has 0 radical (unpaired) electrons. The SMILES string of the molecule is COc1cccc(-c2nn(Cc3ccccc3)cc2CO)c1. The van der Waals surface area contributed by atoms with Crippen LogP contribution in [0.25, 0.3) is 11.3 Å². The second kappa shape index (κ2) is 6.45. The molecule has 0 aliphatic carbocycles. The number of nitrogens with zero attached hydrogens (tertiary/aromatic N) is 2. The van der Waals surface area contributed by atoms with E-state index in [1.54, 1.807) is 7.11 Å². The van der Waals surface area contributed by atoms with Gasteiger partial charge in [0.2, 0.25) is 0 Å². The summed E-state index contributed by atoms with van der Waals surface area (Å²) in [6, 6.07) is 17.8. The highest BCUT2D eigenvalue weighted by Crippen LogP contribution is 2.26. The molecule has 1 N–H and O–H groups in total. The van der Waals surface area contributed by atoms with Crippen LogP contribution in [0.3, 0.4) is 0 Å². The van der Waals surface area contributed by atoms with Gasteiger partial charge in [0.25, 0.3) is 0 Å². The van der Waals surface area contributed by atoms with Gasteiger partial charge in [-0.15, -0.1) is 0 Å². The zero-order valence-electron chi connectivity index (χ0n) is 12.4. The van der Waals surface area contributed by atoms with Crippen molar-refractivity contribution >= 4 is 0 Å². The van der Waals surface area contributed by atoms with Crippen molar-refractivity contribution in [2.24, 2.45) is 0 Å².